The molecule has 0 saturated heterocycles. The molecule has 3 aliphatic carbocycles. The van der Waals surface area contributed by atoms with Crippen LogP contribution in [0.5, 0.6) is 0 Å². The minimum atomic E-state index is -0.671. The molecule has 4 heteroatoms. The molecule has 3 aliphatic rings. The summed E-state index contributed by atoms with van der Waals surface area (Å²) in [6, 6.07) is 1.12. The van der Waals surface area contributed by atoms with Crippen LogP contribution in [-0.2, 0) is 4.79 Å². The maximum Gasteiger partial charge on any atom is 0.317 e. The SMILES string of the molecule is CCC1CCCC(CNC2CC(N(CC(=O)O)CC3CC3)C2)C1. The van der Waals surface area contributed by atoms with E-state index in [0.717, 1.165) is 37.1 Å². The number of carboxylic acid groups (broad SMARTS) is 1. The molecule has 132 valence electrons. The van der Waals surface area contributed by atoms with E-state index >= 15 is 0 Å². The summed E-state index contributed by atoms with van der Waals surface area (Å²) in [5.74, 6) is 1.92. The molecule has 0 bridgehead atoms. The topological polar surface area (TPSA) is 52.6 Å². The molecule has 0 aromatic rings. The molecular formula is C19H34N2O2. The van der Waals surface area contributed by atoms with Gasteiger partial charge in [-0.15, -0.1) is 0 Å². The monoisotopic (exact) mass is 322 g/mol. The van der Waals surface area contributed by atoms with Gasteiger partial charge in [-0.2, -0.15) is 0 Å². The van der Waals surface area contributed by atoms with Crippen LogP contribution in [0.1, 0.15) is 64.7 Å². The van der Waals surface area contributed by atoms with E-state index in [9.17, 15) is 4.79 Å². The summed E-state index contributed by atoms with van der Waals surface area (Å²) in [5.41, 5.74) is 0. The summed E-state index contributed by atoms with van der Waals surface area (Å²) in [5, 5.41) is 12.9. The van der Waals surface area contributed by atoms with Crippen LogP contribution >= 0.6 is 0 Å². The van der Waals surface area contributed by atoms with Crippen molar-refractivity contribution in [3.8, 4) is 0 Å². The van der Waals surface area contributed by atoms with Gasteiger partial charge < -0.3 is 10.4 Å². The Morgan fingerprint density at radius 3 is 2.48 bits per heavy atom. The Kier molecular flexibility index (Phi) is 5.97. The van der Waals surface area contributed by atoms with Gasteiger partial charge in [-0.3, -0.25) is 9.69 Å². The van der Waals surface area contributed by atoms with E-state index in [1.807, 2.05) is 0 Å². The summed E-state index contributed by atoms with van der Waals surface area (Å²) in [4.78, 5) is 13.3. The van der Waals surface area contributed by atoms with Crippen molar-refractivity contribution in [3.05, 3.63) is 0 Å². The highest BCUT2D eigenvalue weighted by Crippen LogP contribution is 2.34. The number of nitrogens with one attached hydrogen (secondary N) is 1. The minimum Gasteiger partial charge on any atom is -0.480 e. The average Bonchev–Trinajstić information content (AvgIpc) is 3.29. The van der Waals surface area contributed by atoms with Crippen molar-refractivity contribution in [2.45, 2.75) is 76.8 Å². The zero-order valence-electron chi connectivity index (χ0n) is 14.7. The third-order valence-corrected chi connectivity index (χ3v) is 6.32. The Labute approximate surface area is 141 Å². The molecule has 3 saturated carbocycles. The first-order chi connectivity index (χ1) is 11.1. The molecule has 0 spiro atoms. The first kappa shape index (κ1) is 17.2. The molecule has 0 amide bonds. The van der Waals surface area contributed by atoms with Crippen molar-refractivity contribution in [1.82, 2.24) is 10.2 Å². The van der Waals surface area contributed by atoms with Crippen LogP contribution in [0.4, 0.5) is 0 Å². The van der Waals surface area contributed by atoms with Crippen LogP contribution in [-0.4, -0.2) is 47.7 Å². The number of carbonyl (C=O) groups is 1. The zero-order valence-corrected chi connectivity index (χ0v) is 14.7. The lowest BCUT2D eigenvalue weighted by molar-refractivity contribution is -0.139. The lowest BCUT2D eigenvalue weighted by atomic mass is 9.79. The maximum atomic E-state index is 11.1. The first-order valence-electron chi connectivity index (χ1n) is 9.83. The lowest BCUT2D eigenvalue weighted by Crippen LogP contribution is -2.54. The predicted molar refractivity (Wildman–Crippen MR) is 92.5 cm³/mol. The second-order valence-corrected chi connectivity index (χ2v) is 8.30. The first-order valence-corrected chi connectivity index (χ1v) is 9.83. The zero-order chi connectivity index (χ0) is 16.2. The van der Waals surface area contributed by atoms with Crippen LogP contribution in [0.25, 0.3) is 0 Å². The van der Waals surface area contributed by atoms with Gasteiger partial charge in [0.2, 0.25) is 0 Å². The Bertz CT molecular complexity index is 391. The molecule has 3 rings (SSSR count). The highest BCUT2D eigenvalue weighted by molar-refractivity contribution is 5.69. The predicted octanol–water partition coefficient (Wildman–Crippen LogP) is 3.12. The van der Waals surface area contributed by atoms with Crippen LogP contribution in [0.15, 0.2) is 0 Å². The molecule has 2 N–H and O–H groups in total. The molecular weight excluding hydrogens is 288 g/mol. The number of hydrogen-bond acceptors (Lipinski definition) is 3. The van der Waals surface area contributed by atoms with E-state index in [2.05, 4.69) is 17.1 Å². The van der Waals surface area contributed by atoms with E-state index in [4.69, 9.17) is 5.11 Å². The van der Waals surface area contributed by atoms with E-state index in [-0.39, 0.29) is 6.54 Å². The van der Waals surface area contributed by atoms with Crippen LogP contribution < -0.4 is 5.32 Å². The summed E-state index contributed by atoms with van der Waals surface area (Å²) in [7, 11) is 0. The van der Waals surface area contributed by atoms with Crippen molar-refractivity contribution in [3.63, 3.8) is 0 Å². The molecule has 0 radical (unpaired) electrons. The van der Waals surface area contributed by atoms with Crippen LogP contribution in [0.3, 0.4) is 0 Å². The molecule has 3 fully saturated rings. The van der Waals surface area contributed by atoms with Gasteiger partial charge in [0.05, 0.1) is 6.54 Å². The Morgan fingerprint density at radius 1 is 1.09 bits per heavy atom. The Balaban J connectivity index is 1.35. The molecule has 23 heavy (non-hydrogen) atoms. The highest BCUT2D eigenvalue weighted by Gasteiger charge is 2.37. The fraction of sp³-hybridized carbons (Fsp3) is 0.947. The van der Waals surface area contributed by atoms with Gasteiger partial charge in [0.1, 0.15) is 0 Å². The molecule has 2 atom stereocenters. The third kappa shape index (κ3) is 5.18. The summed E-state index contributed by atoms with van der Waals surface area (Å²) in [6.45, 7) is 4.74. The van der Waals surface area contributed by atoms with Gasteiger partial charge in [-0.05, 0) is 62.8 Å². The number of carboxylic acids is 1. The maximum absolute atomic E-state index is 11.1. The fourth-order valence-corrected chi connectivity index (χ4v) is 4.49. The van der Waals surface area contributed by atoms with E-state index in [1.54, 1.807) is 0 Å². The average molecular weight is 322 g/mol. The normalized spacial score (nSPS) is 34.3. The summed E-state index contributed by atoms with van der Waals surface area (Å²) < 4.78 is 0. The summed E-state index contributed by atoms with van der Waals surface area (Å²) in [6.07, 6.45) is 11.9. The largest absolute Gasteiger partial charge is 0.480 e. The van der Waals surface area contributed by atoms with Gasteiger partial charge >= 0.3 is 5.97 Å². The molecule has 0 aromatic heterocycles. The van der Waals surface area contributed by atoms with Gasteiger partial charge in [0, 0.05) is 18.6 Å². The smallest absolute Gasteiger partial charge is 0.317 e. The van der Waals surface area contributed by atoms with Crippen LogP contribution in [0.2, 0.25) is 0 Å². The fourth-order valence-electron chi connectivity index (χ4n) is 4.49. The molecule has 0 aromatic carbocycles. The van der Waals surface area contributed by atoms with E-state index in [0.29, 0.717) is 12.1 Å². The number of aliphatic carboxylic acids is 1. The Hall–Kier alpha value is -0.610. The van der Waals surface area contributed by atoms with Gasteiger partial charge in [-0.1, -0.05) is 26.2 Å². The minimum absolute atomic E-state index is 0.231. The summed E-state index contributed by atoms with van der Waals surface area (Å²) >= 11 is 0. The number of nitrogens with zero attached hydrogens (tertiary/aromatic N) is 1. The number of rotatable bonds is 9. The van der Waals surface area contributed by atoms with Crippen molar-refractivity contribution >= 4 is 5.97 Å². The van der Waals surface area contributed by atoms with Gasteiger partial charge in [-0.25, -0.2) is 0 Å². The second-order valence-electron chi connectivity index (χ2n) is 8.30. The van der Waals surface area contributed by atoms with Gasteiger partial charge in [0.15, 0.2) is 0 Å². The quantitative estimate of drug-likeness (QED) is 0.685. The molecule has 0 heterocycles. The second kappa shape index (κ2) is 7.98. The lowest BCUT2D eigenvalue weighted by Gasteiger charge is -2.43. The molecule has 4 nitrogen and oxygen atoms in total. The Morgan fingerprint density at radius 2 is 1.83 bits per heavy atom. The van der Waals surface area contributed by atoms with Gasteiger partial charge in [0.25, 0.3) is 0 Å². The standard InChI is InChI=1S/C19H34N2O2/c1-2-14-4-3-5-16(8-14)11-20-17-9-18(10-17)21(13-19(22)23)12-15-6-7-15/h14-18,20H,2-13H2,1H3,(H,22,23). The van der Waals surface area contributed by atoms with E-state index in [1.165, 1.54) is 51.5 Å². The van der Waals surface area contributed by atoms with Crippen LogP contribution in [0, 0.1) is 17.8 Å². The molecule has 2 unspecified atom stereocenters. The van der Waals surface area contributed by atoms with Crippen molar-refractivity contribution in [2.75, 3.05) is 19.6 Å². The van der Waals surface area contributed by atoms with Crippen molar-refractivity contribution < 1.29 is 9.90 Å². The highest BCUT2D eigenvalue weighted by atomic mass is 16.4. The van der Waals surface area contributed by atoms with E-state index < -0.39 is 5.97 Å². The molecule has 0 aliphatic heterocycles. The number of hydrogen-bond donors (Lipinski definition) is 2. The third-order valence-electron chi connectivity index (χ3n) is 6.32. The van der Waals surface area contributed by atoms with Crippen molar-refractivity contribution in [1.29, 1.82) is 0 Å². The van der Waals surface area contributed by atoms with Crippen molar-refractivity contribution in [2.24, 2.45) is 17.8 Å².